The summed E-state index contributed by atoms with van der Waals surface area (Å²) in [6.45, 7) is 1.70. The lowest BCUT2D eigenvalue weighted by Gasteiger charge is -2.39. The van der Waals surface area contributed by atoms with Gasteiger partial charge in [0.1, 0.15) is 18.3 Å². The van der Waals surface area contributed by atoms with Crippen LogP contribution in [-0.2, 0) is 22.5 Å². The van der Waals surface area contributed by atoms with Gasteiger partial charge in [0.15, 0.2) is 0 Å². The molecule has 0 unspecified atom stereocenters. The number of nitrogens with one attached hydrogen (secondary N) is 2. The number of para-hydroxylation sites is 2. The third kappa shape index (κ3) is 9.38. The summed E-state index contributed by atoms with van der Waals surface area (Å²) in [5.74, 6) is 0.0685. The number of hydrogen-bond acceptors (Lipinski definition) is 10. The maximum absolute atomic E-state index is 14.2. The first kappa shape index (κ1) is 38.5. The van der Waals surface area contributed by atoms with Crippen LogP contribution in [-0.4, -0.2) is 131 Å². The van der Waals surface area contributed by atoms with Gasteiger partial charge in [0.05, 0.1) is 36.2 Å². The summed E-state index contributed by atoms with van der Waals surface area (Å²) in [4.78, 5) is 32.8. The molecule has 3 amide bonds. The minimum atomic E-state index is -1.76. The Hall–Kier alpha value is -2.72. The number of aryl methyl sites for hydroxylation is 1. The maximum Gasteiger partial charge on any atom is 0.314 e. The van der Waals surface area contributed by atoms with Gasteiger partial charge in [-0.1, -0.05) is 35.3 Å². The van der Waals surface area contributed by atoms with Gasteiger partial charge < -0.3 is 50.7 Å². The first-order chi connectivity index (χ1) is 24.0. The van der Waals surface area contributed by atoms with Gasteiger partial charge in [-0.3, -0.25) is 9.69 Å². The van der Waals surface area contributed by atoms with E-state index in [1.165, 1.54) is 12.8 Å². The van der Waals surface area contributed by atoms with E-state index < -0.39 is 37.1 Å². The first-order valence-electron chi connectivity index (χ1n) is 17.3. The number of hydrogen-bond donors (Lipinski definition) is 7. The maximum atomic E-state index is 14.2. The van der Waals surface area contributed by atoms with E-state index in [1.54, 1.807) is 7.11 Å². The number of carbonyl (C=O) groups excluding carboxylic acids is 2. The van der Waals surface area contributed by atoms with Crippen LogP contribution in [0.3, 0.4) is 0 Å². The molecule has 2 fully saturated rings. The van der Waals surface area contributed by atoms with Crippen LogP contribution in [0.4, 0.5) is 16.2 Å². The number of likely N-dealkylation sites (tertiary alicyclic amines) is 1. The Balaban J connectivity index is 1.11. The Bertz CT molecular complexity index is 1470. The van der Waals surface area contributed by atoms with Crippen LogP contribution in [0, 0.1) is 0 Å². The number of carbonyl (C=O) groups is 2. The SMILES string of the molecule is CO[C@@H]1C[C@@H](C(=O)N2CCN(C3CC3)c3ccccc32)N(Cc2cc(Cl)c(CCCCNC(=O)NC[C@H](O)[C@@H](O)[C@H](O)[C@H](O)CO)cc2Cl)C1. The van der Waals surface area contributed by atoms with Crippen LogP contribution in [0.15, 0.2) is 36.4 Å². The number of fused-ring (bicyclic) bond motifs is 1. The van der Waals surface area contributed by atoms with Gasteiger partial charge in [-0.25, -0.2) is 4.79 Å². The van der Waals surface area contributed by atoms with Crippen LogP contribution < -0.4 is 20.4 Å². The minimum Gasteiger partial charge on any atom is -0.394 e. The number of amides is 3. The molecule has 50 heavy (non-hydrogen) atoms. The zero-order valence-corrected chi connectivity index (χ0v) is 29.8. The van der Waals surface area contributed by atoms with Gasteiger partial charge in [-0.2, -0.15) is 0 Å². The predicted molar refractivity (Wildman–Crippen MR) is 191 cm³/mol. The van der Waals surface area contributed by atoms with Crippen molar-refractivity contribution < 1.29 is 39.9 Å². The van der Waals surface area contributed by atoms with Gasteiger partial charge in [-0.05, 0) is 73.9 Å². The van der Waals surface area contributed by atoms with Crippen molar-refractivity contribution in [1.29, 1.82) is 0 Å². The zero-order valence-electron chi connectivity index (χ0n) is 28.3. The third-order valence-electron chi connectivity index (χ3n) is 9.83. The lowest BCUT2D eigenvalue weighted by molar-refractivity contribution is -0.123. The van der Waals surface area contributed by atoms with Crippen LogP contribution >= 0.6 is 23.2 Å². The fraction of sp³-hybridized carbons (Fsp3) is 0.600. The lowest BCUT2D eigenvalue weighted by Crippen LogP contribution is -2.51. The van der Waals surface area contributed by atoms with Gasteiger partial charge in [-0.15, -0.1) is 0 Å². The average molecular weight is 739 g/mol. The van der Waals surface area contributed by atoms with Crippen molar-refractivity contribution in [2.24, 2.45) is 0 Å². The fourth-order valence-corrected chi connectivity index (χ4v) is 7.30. The average Bonchev–Trinajstić information content (AvgIpc) is 3.89. The molecule has 1 aliphatic carbocycles. The number of aliphatic hydroxyl groups is 5. The highest BCUT2D eigenvalue weighted by molar-refractivity contribution is 6.34. The minimum absolute atomic E-state index is 0.0685. The summed E-state index contributed by atoms with van der Waals surface area (Å²) in [5, 5.41) is 53.9. The quantitative estimate of drug-likeness (QED) is 0.125. The van der Waals surface area contributed by atoms with E-state index in [0.29, 0.717) is 67.9 Å². The van der Waals surface area contributed by atoms with Gasteiger partial charge in [0, 0.05) is 62.5 Å². The molecule has 276 valence electrons. The van der Waals surface area contributed by atoms with E-state index in [1.807, 2.05) is 35.2 Å². The third-order valence-corrected chi connectivity index (χ3v) is 10.5. The van der Waals surface area contributed by atoms with Crippen molar-refractivity contribution in [2.45, 2.75) is 87.7 Å². The number of anilines is 2. The summed E-state index contributed by atoms with van der Waals surface area (Å²) in [6.07, 6.45) is -1.81. The predicted octanol–water partition coefficient (Wildman–Crippen LogP) is 1.66. The molecule has 2 aromatic rings. The molecule has 0 aromatic heterocycles. The number of aliphatic hydroxyl groups excluding tert-OH is 5. The lowest BCUT2D eigenvalue weighted by atomic mass is 10.0. The molecule has 3 aliphatic rings. The van der Waals surface area contributed by atoms with Crippen molar-refractivity contribution in [1.82, 2.24) is 15.5 Å². The normalized spacial score (nSPS) is 21.8. The highest BCUT2D eigenvalue weighted by Crippen LogP contribution is 2.41. The summed E-state index contributed by atoms with van der Waals surface area (Å²) in [5.41, 5.74) is 3.79. The standard InChI is InChI=1S/C35H49Cl2N5O8/c1-50-24-16-29(34(48)42-13-12-41(23-9-10-23)27-7-2-3-8-28(27)42)40(19-24)18-22-15-25(36)21(14-26(22)37)6-4-5-11-38-35(49)39-17-30(44)32(46)33(47)31(45)20-43/h2-3,7-8,14-15,23-24,29-33,43-47H,4-6,9-13,16-20H2,1H3,(H2,38,39,49)/t24-,29+,30+,31-,32-,33-/m1/s1. The van der Waals surface area contributed by atoms with Crippen LogP contribution in [0.5, 0.6) is 0 Å². The van der Waals surface area contributed by atoms with Gasteiger partial charge in [0.25, 0.3) is 0 Å². The van der Waals surface area contributed by atoms with E-state index in [0.717, 1.165) is 29.0 Å². The highest BCUT2D eigenvalue weighted by Gasteiger charge is 2.42. The molecule has 7 N–H and O–H groups in total. The first-order valence-corrected chi connectivity index (χ1v) is 18.0. The van der Waals surface area contributed by atoms with E-state index in [2.05, 4.69) is 26.5 Å². The highest BCUT2D eigenvalue weighted by atomic mass is 35.5. The Kier molecular flexibility index (Phi) is 13.6. The Morgan fingerprint density at radius 2 is 1.62 bits per heavy atom. The molecule has 0 bridgehead atoms. The van der Waals surface area contributed by atoms with Gasteiger partial charge >= 0.3 is 6.03 Å². The van der Waals surface area contributed by atoms with Crippen molar-refractivity contribution in [2.75, 3.05) is 56.2 Å². The molecule has 0 spiro atoms. The molecular formula is C35H49Cl2N5O8. The summed E-state index contributed by atoms with van der Waals surface area (Å²) in [6, 6.07) is 11.5. The number of unbranched alkanes of at least 4 members (excludes halogenated alkanes) is 1. The fourth-order valence-electron chi connectivity index (χ4n) is 6.77. The molecule has 6 atom stereocenters. The second kappa shape index (κ2) is 17.7. The summed E-state index contributed by atoms with van der Waals surface area (Å²) >= 11 is 13.5. The molecule has 5 rings (SSSR count). The zero-order chi connectivity index (χ0) is 35.9. The Labute approximate surface area is 302 Å². The number of rotatable bonds is 16. The Morgan fingerprint density at radius 1 is 0.940 bits per heavy atom. The number of halogens is 2. The van der Waals surface area contributed by atoms with Crippen molar-refractivity contribution in [3.63, 3.8) is 0 Å². The van der Waals surface area contributed by atoms with Crippen molar-refractivity contribution in [3.8, 4) is 0 Å². The van der Waals surface area contributed by atoms with E-state index in [9.17, 15) is 30.0 Å². The van der Waals surface area contributed by atoms with Crippen LogP contribution in [0.1, 0.15) is 43.2 Å². The van der Waals surface area contributed by atoms with Crippen molar-refractivity contribution >= 4 is 46.5 Å². The summed E-state index contributed by atoms with van der Waals surface area (Å²) in [7, 11) is 1.68. The van der Waals surface area contributed by atoms with Crippen molar-refractivity contribution in [3.05, 3.63) is 57.6 Å². The topological polar surface area (TPSA) is 178 Å². The molecule has 1 saturated heterocycles. The molecule has 13 nitrogen and oxygen atoms in total. The second-order valence-corrected chi connectivity index (χ2v) is 14.2. The van der Waals surface area contributed by atoms with Crippen LogP contribution in [0.25, 0.3) is 0 Å². The largest absolute Gasteiger partial charge is 0.394 e. The molecular weight excluding hydrogens is 689 g/mol. The monoisotopic (exact) mass is 737 g/mol. The molecule has 2 heterocycles. The van der Waals surface area contributed by atoms with Gasteiger partial charge in [0.2, 0.25) is 5.91 Å². The van der Waals surface area contributed by atoms with E-state index in [4.69, 9.17) is 33.0 Å². The molecule has 0 radical (unpaired) electrons. The molecule has 15 heteroatoms. The number of ether oxygens (including phenoxy) is 1. The number of benzene rings is 2. The van der Waals surface area contributed by atoms with Crippen LogP contribution in [0.2, 0.25) is 10.0 Å². The molecule has 1 saturated carbocycles. The molecule has 2 aliphatic heterocycles. The van der Waals surface area contributed by atoms with E-state index in [-0.39, 0.29) is 24.6 Å². The van der Waals surface area contributed by atoms with E-state index >= 15 is 0 Å². The summed E-state index contributed by atoms with van der Waals surface area (Å²) < 4.78 is 5.72. The second-order valence-electron chi connectivity index (χ2n) is 13.4. The Morgan fingerprint density at radius 3 is 2.32 bits per heavy atom. The molecule has 2 aromatic carbocycles. The number of methoxy groups -OCH3 is 1. The number of urea groups is 1. The smallest absolute Gasteiger partial charge is 0.314 e. The number of nitrogens with zero attached hydrogens (tertiary/aromatic N) is 3.